The van der Waals surface area contributed by atoms with Crippen molar-refractivity contribution in [3.8, 4) is 0 Å². The zero-order valence-electron chi connectivity index (χ0n) is 10.2. The molecule has 19 heavy (non-hydrogen) atoms. The lowest BCUT2D eigenvalue weighted by Gasteiger charge is -2.06. The summed E-state index contributed by atoms with van der Waals surface area (Å²) in [5, 5.41) is 3.76. The van der Waals surface area contributed by atoms with E-state index in [1.165, 1.54) is 24.4 Å². The molecule has 0 saturated heterocycles. The molecular formula is C12H10ClNO4S. The molecule has 2 aromatic rings. The number of hydrogen-bond donors (Lipinski definition) is 0. The van der Waals surface area contributed by atoms with Crippen LogP contribution in [-0.4, -0.2) is 25.6 Å². The van der Waals surface area contributed by atoms with E-state index in [0.29, 0.717) is 5.76 Å². The first kappa shape index (κ1) is 13.8. The van der Waals surface area contributed by atoms with Crippen molar-refractivity contribution in [2.75, 3.05) is 6.26 Å². The molecule has 2 rings (SSSR count). The lowest BCUT2D eigenvalue weighted by Crippen LogP contribution is -2.09. The van der Waals surface area contributed by atoms with Crippen LogP contribution in [0.5, 0.6) is 0 Å². The second kappa shape index (κ2) is 4.79. The summed E-state index contributed by atoms with van der Waals surface area (Å²) in [5.41, 5.74) is 0.283. The fraction of sp³-hybridized carbons (Fsp3) is 0.167. The summed E-state index contributed by atoms with van der Waals surface area (Å²) in [6.07, 6.45) is 2.29. The van der Waals surface area contributed by atoms with E-state index in [2.05, 4.69) is 5.16 Å². The molecule has 0 N–H and O–H groups in total. The number of carbonyl (C=O) groups is 1. The van der Waals surface area contributed by atoms with Gasteiger partial charge < -0.3 is 4.52 Å². The molecule has 1 aromatic carbocycles. The van der Waals surface area contributed by atoms with Gasteiger partial charge in [-0.1, -0.05) is 16.8 Å². The minimum atomic E-state index is -3.56. The van der Waals surface area contributed by atoms with Crippen molar-refractivity contribution >= 4 is 27.2 Å². The topological polar surface area (TPSA) is 77.2 Å². The molecule has 0 radical (unpaired) electrons. The fourth-order valence-electron chi connectivity index (χ4n) is 1.65. The second-order valence-corrected chi connectivity index (χ2v) is 6.46. The minimum absolute atomic E-state index is 0.0539. The van der Waals surface area contributed by atoms with Gasteiger partial charge in [0, 0.05) is 16.8 Å². The highest BCUT2D eigenvalue weighted by Crippen LogP contribution is 2.24. The Morgan fingerprint density at radius 1 is 1.32 bits per heavy atom. The van der Waals surface area contributed by atoms with Crippen LogP contribution in [0, 0.1) is 6.92 Å². The third kappa shape index (κ3) is 2.69. The Kier molecular flexibility index (Phi) is 3.47. The van der Waals surface area contributed by atoms with Gasteiger partial charge in [0.1, 0.15) is 5.76 Å². The maximum Gasteiger partial charge on any atom is 0.199 e. The summed E-state index contributed by atoms with van der Waals surface area (Å²) < 4.78 is 28.2. The van der Waals surface area contributed by atoms with Gasteiger partial charge in [0.15, 0.2) is 15.6 Å². The molecule has 0 aliphatic carbocycles. The highest BCUT2D eigenvalue weighted by Gasteiger charge is 2.23. The van der Waals surface area contributed by atoms with E-state index < -0.39 is 15.6 Å². The van der Waals surface area contributed by atoms with Crippen LogP contribution in [0.4, 0.5) is 0 Å². The molecule has 0 fully saturated rings. The first-order valence-electron chi connectivity index (χ1n) is 5.26. The van der Waals surface area contributed by atoms with Crippen LogP contribution in [0.3, 0.4) is 0 Å². The number of halogens is 1. The number of nitrogens with zero attached hydrogens (tertiary/aromatic N) is 1. The molecule has 1 heterocycles. The first-order chi connectivity index (χ1) is 8.80. The molecule has 7 heteroatoms. The standard InChI is InChI=1S/C12H10ClNO4S/c1-7-10(6-14-18-7)12(15)9-4-3-8(13)5-11(9)19(2,16)17/h3-6H,1-2H3. The van der Waals surface area contributed by atoms with Gasteiger partial charge in [0.25, 0.3) is 0 Å². The van der Waals surface area contributed by atoms with E-state index in [1.54, 1.807) is 6.92 Å². The maximum atomic E-state index is 12.3. The fourth-order valence-corrected chi connectivity index (χ4v) is 2.79. The molecule has 100 valence electrons. The number of carbonyl (C=O) groups excluding carboxylic acids is 1. The highest BCUT2D eigenvalue weighted by atomic mass is 35.5. The third-order valence-corrected chi connectivity index (χ3v) is 3.95. The van der Waals surface area contributed by atoms with Crippen LogP contribution in [-0.2, 0) is 9.84 Å². The molecule has 0 bridgehead atoms. The zero-order valence-corrected chi connectivity index (χ0v) is 11.7. The number of benzene rings is 1. The molecule has 0 aliphatic rings. The molecule has 0 spiro atoms. The number of rotatable bonds is 3. The summed E-state index contributed by atoms with van der Waals surface area (Å²) in [7, 11) is -3.56. The van der Waals surface area contributed by atoms with Gasteiger partial charge in [-0.25, -0.2) is 8.42 Å². The van der Waals surface area contributed by atoms with E-state index in [4.69, 9.17) is 16.1 Å². The van der Waals surface area contributed by atoms with Crippen LogP contribution in [0.25, 0.3) is 0 Å². The van der Waals surface area contributed by atoms with Gasteiger partial charge in [-0.2, -0.15) is 0 Å². The van der Waals surface area contributed by atoms with Crippen LogP contribution in [0.1, 0.15) is 21.7 Å². The average Bonchev–Trinajstić information content (AvgIpc) is 2.73. The Hall–Kier alpha value is -1.66. The number of ketones is 1. The Labute approximate surface area is 115 Å². The monoisotopic (exact) mass is 299 g/mol. The van der Waals surface area contributed by atoms with Crippen molar-refractivity contribution in [3.05, 3.63) is 46.3 Å². The molecule has 0 atom stereocenters. The number of aromatic nitrogens is 1. The predicted octanol–water partition coefficient (Wildman–Crippen LogP) is 2.27. The van der Waals surface area contributed by atoms with Gasteiger partial charge >= 0.3 is 0 Å². The smallest absolute Gasteiger partial charge is 0.199 e. The zero-order chi connectivity index (χ0) is 14.2. The van der Waals surface area contributed by atoms with E-state index in [1.807, 2.05) is 0 Å². The van der Waals surface area contributed by atoms with Gasteiger partial charge in [-0.15, -0.1) is 0 Å². The van der Waals surface area contributed by atoms with Gasteiger partial charge in [-0.3, -0.25) is 4.79 Å². The second-order valence-electron chi connectivity index (χ2n) is 4.04. The lowest BCUT2D eigenvalue weighted by atomic mass is 10.0. The average molecular weight is 300 g/mol. The third-order valence-electron chi connectivity index (χ3n) is 2.58. The van der Waals surface area contributed by atoms with Crippen LogP contribution >= 0.6 is 11.6 Å². The normalized spacial score (nSPS) is 11.5. The highest BCUT2D eigenvalue weighted by molar-refractivity contribution is 7.90. The van der Waals surface area contributed by atoms with Gasteiger partial charge in [0.2, 0.25) is 0 Å². The van der Waals surface area contributed by atoms with E-state index in [-0.39, 0.29) is 21.0 Å². The Bertz CT molecular complexity index is 749. The van der Waals surface area contributed by atoms with Gasteiger partial charge in [-0.05, 0) is 25.1 Å². The number of aryl methyl sites for hydroxylation is 1. The van der Waals surface area contributed by atoms with Crippen molar-refractivity contribution in [3.63, 3.8) is 0 Å². The summed E-state index contributed by atoms with van der Waals surface area (Å²) in [6, 6.07) is 4.10. The minimum Gasteiger partial charge on any atom is -0.361 e. The molecular weight excluding hydrogens is 290 g/mol. The van der Waals surface area contributed by atoms with Crippen LogP contribution in [0.15, 0.2) is 33.8 Å². The molecule has 0 unspecified atom stereocenters. The van der Waals surface area contributed by atoms with Crippen molar-refractivity contribution < 1.29 is 17.7 Å². The Morgan fingerprint density at radius 3 is 2.53 bits per heavy atom. The van der Waals surface area contributed by atoms with Crippen LogP contribution < -0.4 is 0 Å². The van der Waals surface area contributed by atoms with Crippen molar-refractivity contribution in [2.24, 2.45) is 0 Å². The number of hydrogen-bond acceptors (Lipinski definition) is 5. The summed E-state index contributed by atoms with van der Waals surface area (Å²) in [5.74, 6) is -0.129. The predicted molar refractivity (Wildman–Crippen MR) is 69.2 cm³/mol. The molecule has 5 nitrogen and oxygen atoms in total. The first-order valence-corrected chi connectivity index (χ1v) is 7.53. The van der Waals surface area contributed by atoms with E-state index in [9.17, 15) is 13.2 Å². The summed E-state index contributed by atoms with van der Waals surface area (Å²) in [6.45, 7) is 1.58. The Balaban J connectivity index is 2.64. The van der Waals surface area contributed by atoms with Crippen molar-refractivity contribution in [1.82, 2.24) is 5.16 Å². The number of sulfone groups is 1. The molecule has 0 saturated carbocycles. The lowest BCUT2D eigenvalue weighted by molar-refractivity contribution is 0.103. The SMILES string of the molecule is Cc1oncc1C(=O)c1ccc(Cl)cc1S(C)(=O)=O. The van der Waals surface area contributed by atoms with Gasteiger partial charge in [0.05, 0.1) is 16.7 Å². The molecule has 0 aliphatic heterocycles. The van der Waals surface area contributed by atoms with Crippen molar-refractivity contribution in [1.29, 1.82) is 0 Å². The van der Waals surface area contributed by atoms with Crippen molar-refractivity contribution in [2.45, 2.75) is 11.8 Å². The quantitative estimate of drug-likeness (QED) is 0.813. The van der Waals surface area contributed by atoms with E-state index >= 15 is 0 Å². The summed E-state index contributed by atoms with van der Waals surface area (Å²) >= 11 is 5.78. The Morgan fingerprint density at radius 2 is 2.00 bits per heavy atom. The maximum absolute atomic E-state index is 12.3. The molecule has 1 aromatic heterocycles. The largest absolute Gasteiger partial charge is 0.361 e. The van der Waals surface area contributed by atoms with E-state index in [0.717, 1.165) is 6.26 Å². The van der Waals surface area contributed by atoms with Crippen LogP contribution in [0.2, 0.25) is 5.02 Å². The summed E-state index contributed by atoms with van der Waals surface area (Å²) in [4.78, 5) is 12.2. The molecule has 0 amide bonds.